The van der Waals surface area contributed by atoms with Crippen molar-refractivity contribution in [3.8, 4) is 0 Å². The van der Waals surface area contributed by atoms with Crippen LogP contribution >= 0.6 is 0 Å². The predicted octanol–water partition coefficient (Wildman–Crippen LogP) is -4.44. The first-order valence-corrected chi connectivity index (χ1v) is 0.952. The van der Waals surface area contributed by atoms with Gasteiger partial charge in [-0.15, -0.1) is 0 Å². The molecule has 7 heavy (non-hydrogen) atoms. The molecule has 0 heterocycles. The zero-order chi connectivity index (χ0) is 4.28. The van der Waals surface area contributed by atoms with Gasteiger partial charge in [-0.1, -0.05) is 0 Å². The van der Waals surface area contributed by atoms with Crippen LogP contribution in [-0.2, 0) is 9.59 Å². The van der Waals surface area contributed by atoms with Crippen LogP contribution in [0.15, 0.2) is 0 Å². The van der Waals surface area contributed by atoms with Crippen molar-refractivity contribution in [3.63, 3.8) is 0 Å². The third-order valence-electron chi connectivity index (χ3n) is 0.101. The van der Waals surface area contributed by atoms with E-state index in [9.17, 15) is 0 Å². The molecule has 0 radical (unpaired) electrons. The maximum atomic E-state index is 9.00. The summed E-state index contributed by atoms with van der Waals surface area (Å²) in [6.07, 6.45) is -0.167. The third-order valence-corrected chi connectivity index (χ3v) is 0.101. The molecule has 4 nitrogen and oxygen atoms in total. The second kappa shape index (κ2) is 9.44. The molecule has 0 saturated carbocycles. The Morgan fingerprint density at radius 3 is 1.86 bits per heavy atom. The molecule has 0 aliphatic carbocycles. The largest absolute Gasteiger partial charge is 1.00 e. The SMILES string of the molecule is O.O=CC(=O)O.[H-].[Na+]. The van der Waals surface area contributed by atoms with Gasteiger partial charge in [-0.3, -0.25) is 4.79 Å². The Hall–Kier alpha value is 0.100. The van der Waals surface area contributed by atoms with Crippen molar-refractivity contribution in [2.45, 2.75) is 0 Å². The normalized spacial score (nSPS) is 4.57. The second-order valence-corrected chi connectivity index (χ2v) is 0.456. The second-order valence-electron chi connectivity index (χ2n) is 0.456. The van der Waals surface area contributed by atoms with Gasteiger partial charge >= 0.3 is 35.5 Å². The van der Waals surface area contributed by atoms with Gasteiger partial charge in [0.05, 0.1) is 0 Å². The molecule has 0 aliphatic rings. The molecule has 0 aromatic carbocycles. The number of carbonyl (C=O) groups excluding carboxylic acids is 1. The van der Waals surface area contributed by atoms with Crippen LogP contribution in [0.3, 0.4) is 0 Å². The van der Waals surface area contributed by atoms with Crippen molar-refractivity contribution in [1.82, 2.24) is 0 Å². The monoisotopic (exact) mass is 116 g/mol. The molecule has 5 heteroatoms. The quantitative estimate of drug-likeness (QED) is 0.213. The fourth-order valence-electron chi connectivity index (χ4n) is 0. The number of carboxylic acid groups (broad SMARTS) is 1. The average Bonchev–Trinajstić information content (AvgIpc) is 1.38. The summed E-state index contributed by atoms with van der Waals surface area (Å²) >= 11 is 0. The van der Waals surface area contributed by atoms with Crippen LogP contribution in [0.25, 0.3) is 0 Å². The van der Waals surface area contributed by atoms with E-state index in [4.69, 9.17) is 14.7 Å². The average molecular weight is 116 g/mol. The number of rotatable bonds is 1. The van der Waals surface area contributed by atoms with E-state index < -0.39 is 5.97 Å². The molecule has 38 valence electrons. The molecular formula is C2H5NaO4. The van der Waals surface area contributed by atoms with Gasteiger partial charge < -0.3 is 12.0 Å². The molecule has 0 spiro atoms. The molecule has 0 atom stereocenters. The maximum Gasteiger partial charge on any atom is 1.00 e. The topological polar surface area (TPSA) is 85.9 Å². The number of aliphatic carboxylic acids is 1. The van der Waals surface area contributed by atoms with Crippen molar-refractivity contribution in [3.05, 3.63) is 0 Å². The van der Waals surface area contributed by atoms with Crippen LogP contribution in [0.4, 0.5) is 0 Å². The van der Waals surface area contributed by atoms with Gasteiger partial charge in [0.25, 0.3) is 0 Å². The van der Waals surface area contributed by atoms with Gasteiger partial charge in [0, 0.05) is 0 Å². The first kappa shape index (κ1) is 15.7. The summed E-state index contributed by atoms with van der Waals surface area (Å²) in [4.78, 5) is 17.9. The van der Waals surface area contributed by atoms with Crippen LogP contribution in [0.5, 0.6) is 0 Å². The fraction of sp³-hybridized carbons (Fsp3) is 0. The van der Waals surface area contributed by atoms with Gasteiger partial charge in [-0.25, -0.2) is 4.79 Å². The number of carboxylic acids is 1. The zero-order valence-corrected chi connectivity index (χ0v) is 5.84. The molecule has 0 saturated heterocycles. The summed E-state index contributed by atoms with van der Waals surface area (Å²) in [5.74, 6) is -1.43. The van der Waals surface area contributed by atoms with Gasteiger partial charge in [-0.2, -0.15) is 0 Å². The molecule has 0 aliphatic heterocycles. The van der Waals surface area contributed by atoms with E-state index in [-0.39, 0.29) is 42.7 Å². The standard InChI is InChI=1S/C2H2O3.Na.H2O.H/c3-1-2(4)5;;;/h1H,(H,4,5);;1H2;/q;+1;;-1. The Morgan fingerprint density at radius 2 is 1.86 bits per heavy atom. The van der Waals surface area contributed by atoms with Crippen LogP contribution in [0.2, 0.25) is 0 Å². The van der Waals surface area contributed by atoms with E-state index in [1.807, 2.05) is 0 Å². The summed E-state index contributed by atoms with van der Waals surface area (Å²) in [6.45, 7) is 0. The van der Waals surface area contributed by atoms with E-state index in [2.05, 4.69) is 0 Å². The number of hydrogen-bond acceptors (Lipinski definition) is 2. The smallest absolute Gasteiger partial charge is 1.00 e. The molecular weight excluding hydrogens is 111 g/mol. The van der Waals surface area contributed by atoms with Gasteiger partial charge in [0.2, 0.25) is 6.29 Å². The maximum absolute atomic E-state index is 9.00. The molecule has 3 N–H and O–H groups in total. The zero-order valence-electron chi connectivity index (χ0n) is 4.84. The molecule has 0 aromatic heterocycles. The van der Waals surface area contributed by atoms with Crippen molar-refractivity contribution in [1.29, 1.82) is 0 Å². The van der Waals surface area contributed by atoms with Crippen LogP contribution in [0, 0.1) is 0 Å². The van der Waals surface area contributed by atoms with Crippen molar-refractivity contribution < 1.29 is 51.2 Å². The fourth-order valence-corrected chi connectivity index (χ4v) is 0. The molecule has 0 fully saturated rings. The number of carbonyl (C=O) groups is 2. The Bertz CT molecular complexity index is 65.1. The summed E-state index contributed by atoms with van der Waals surface area (Å²) < 4.78 is 0. The van der Waals surface area contributed by atoms with Crippen molar-refractivity contribution in [2.24, 2.45) is 0 Å². The Kier molecular flexibility index (Phi) is 21.2. The van der Waals surface area contributed by atoms with E-state index in [0.717, 1.165) is 0 Å². The number of hydrogen-bond donors (Lipinski definition) is 1. The van der Waals surface area contributed by atoms with Gasteiger partial charge in [0.1, 0.15) is 0 Å². The Balaban J connectivity index is -0.0000000267. The minimum atomic E-state index is -1.43. The summed E-state index contributed by atoms with van der Waals surface area (Å²) in [5.41, 5.74) is 0. The Morgan fingerprint density at radius 1 is 1.71 bits per heavy atom. The number of aldehydes is 1. The van der Waals surface area contributed by atoms with Crippen molar-refractivity contribution >= 4 is 12.3 Å². The van der Waals surface area contributed by atoms with Crippen molar-refractivity contribution in [2.75, 3.05) is 0 Å². The van der Waals surface area contributed by atoms with E-state index >= 15 is 0 Å². The minimum absolute atomic E-state index is 0. The van der Waals surface area contributed by atoms with E-state index in [0.29, 0.717) is 0 Å². The van der Waals surface area contributed by atoms with Crippen LogP contribution in [0.1, 0.15) is 1.43 Å². The summed E-state index contributed by atoms with van der Waals surface area (Å²) in [7, 11) is 0. The van der Waals surface area contributed by atoms with Gasteiger partial charge in [0.15, 0.2) is 0 Å². The van der Waals surface area contributed by atoms with E-state index in [1.54, 1.807) is 0 Å². The van der Waals surface area contributed by atoms with Crippen LogP contribution < -0.4 is 29.6 Å². The Labute approximate surface area is 63.6 Å². The first-order chi connectivity index (χ1) is 2.27. The first-order valence-electron chi connectivity index (χ1n) is 0.952. The molecule has 0 rings (SSSR count). The minimum Gasteiger partial charge on any atom is -1.00 e. The van der Waals surface area contributed by atoms with Crippen LogP contribution in [-0.4, -0.2) is 22.8 Å². The third kappa shape index (κ3) is 23.3. The molecule has 0 amide bonds. The molecule has 0 unspecified atom stereocenters. The molecule has 0 bridgehead atoms. The van der Waals surface area contributed by atoms with Gasteiger partial charge in [-0.05, 0) is 0 Å². The predicted molar refractivity (Wildman–Crippen MR) is 18.4 cm³/mol. The summed E-state index contributed by atoms with van der Waals surface area (Å²) in [6, 6.07) is 0. The van der Waals surface area contributed by atoms with E-state index in [1.165, 1.54) is 0 Å². The molecule has 0 aromatic rings. The summed E-state index contributed by atoms with van der Waals surface area (Å²) in [5, 5.41) is 7.35.